The zero-order valence-electron chi connectivity index (χ0n) is 11.2. The number of rotatable bonds is 8. The Morgan fingerprint density at radius 3 is 2.67 bits per heavy atom. The zero-order valence-corrected chi connectivity index (χ0v) is 12.0. The van der Waals surface area contributed by atoms with Crippen LogP contribution in [0, 0.1) is 0 Å². The van der Waals surface area contributed by atoms with Gasteiger partial charge in [0.15, 0.2) is 0 Å². The molecule has 1 rings (SSSR count). The molecule has 1 aromatic rings. The van der Waals surface area contributed by atoms with Crippen LogP contribution >= 0.6 is 11.8 Å². The maximum atomic E-state index is 11.5. The number of nitrogens with one attached hydrogen (secondary N) is 1. The van der Waals surface area contributed by atoms with E-state index in [9.17, 15) is 4.79 Å². The van der Waals surface area contributed by atoms with Crippen molar-refractivity contribution in [2.45, 2.75) is 12.2 Å². The monoisotopic (exact) mass is 266 g/mol. The van der Waals surface area contributed by atoms with Gasteiger partial charge >= 0.3 is 0 Å². The van der Waals surface area contributed by atoms with Crippen LogP contribution in [-0.2, 0) is 10.5 Å². The summed E-state index contributed by atoms with van der Waals surface area (Å²) >= 11 is 1.66. The second kappa shape index (κ2) is 9.00. The summed E-state index contributed by atoms with van der Waals surface area (Å²) in [6, 6.07) is 10.2. The molecule has 0 atom stereocenters. The lowest BCUT2D eigenvalue weighted by Gasteiger charge is -2.09. The SMILES string of the molecule is CN(C)CCCNC(=O)CSCc1ccccc1. The van der Waals surface area contributed by atoms with Crippen molar-refractivity contribution in [3.63, 3.8) is 0 Å². The molecule has 1 N–H and O–H groups in total. The molecule has 0 spiro atoms. The average molecular weight is 266 g/mol. The van der Waals surface area contributed by atoms with Crippen LogP contribution in [0.5, 0.6) is 0 Å². The molecule has 0 unspecified atom stereocenters. The summed E-state index contributed by atoms with van der Waals surface area (Å²) in [4.78, 5) is 13.7. The van der Waals surface area contributed by atoms with E-state index in [-0.39, 0.29) is 5.91 Å². The van der Waals surface area contributed by atoms with Gasteiger partial charge in [0.05, 0.1) is 5.75 Å². The molecule has 4 heteroatoms. The Morgan fingerprint density at radius 1 is 1.28 bits per heavy atom. The highest BCUT2D eigenvalue weighted by atomic mass is 32.2. The second-order valence-corrected chi connectivity index (χ2v) is 5.47. The largest absolute Gasteiger partial charge is 0.355 e. The lowest BCUT2D eigenvalue weighted by molar-refractivity contribution is -0.118. The first-order chi connectivity index (χ1) is 8.68. The molecule has 0 saturated heterocycles. The van der Waals surface area contributed by atoms with Gasteiger partial charge < -0.3 is 10.2 Å². The molecule has 0 aliphatic carbocycles. The van der Waals surface area contributed by atoms with Crippen LogP contribution < -0.4 is 5.32 Å². The first kappa shape index (κ1) is 15.1. The molecule has 0 fully saturated rings. The standard InChI is InChI=1S/C14H22N2OS/c1-16(2)10-6-9-15-14(17)12-18-11-13-7-4-3-5-8-13/h3-5,7-8H,6,9-12H2,1-2H3,(H,15,17). The normalized spacial score (nSPS) is 10.6. The molecule has 0 bridgehead atoms. The van der Waals surface area contributed by atoms with Gasteiger partial charge in [0.2, 0.25) is 5.91 Å². The highest BCUT2D eigenvalue weighted by Gasteiger charge is 2.01. The molecule has 100 valence electrons. The molecule has 3 nitrogen and oxygen atoms in total. The molecule has 1 aromatic carbocycles. The number of benzene rings is 1. The molecule has 0 heterocycles. The fourth-order valence-corrected chi connectivity index (χ4v) is 2.33. The van der Waals surface area contributed by atoms with Crippen molar-refractivity contribution in [2.75, 3.05) is 32.9 Å². The number of amides is 1. The quantitative estimate of drug-likeness (QED) is 0.730. The topological polar surface area (TPSA) is 32.3 Å². The van der Waals surface area contributed by atoms with Gasteiger partial charge in [-0.25, -0.2) is 0 Å². The Hall–Kier alpha value is -1.00. The molecule has 0 aromatic heterocycles. The van der Waals surface area contributed by atoms with E-state index in [0.717, 1.165) is 25.3 Å². The number of carbonyl (C=O) groups excluding carboxylic acids is 1. The fraction of sp³-hybridized carbons (Fsp3) is 0.500. The van der Waals surface area contributed by atoms with E-state index in [0.29, 0.717) is 5.75 Å². The van der Waals surface area contributed by atoms with Gasteiger partial charge in [0.25, 0.3) is 0 Å². The molecule has 1 amide bonds. The minimum absolute atomic E-state index is 0.134. The van der Waals surface area contributed by atoms with E-state index >= 15 is 0 Å². The summed E-state index contributed by atoms with van der Waals surface area (Å²) < 4.78 is 0. The Balaban J connectivity index is 2.03. The first-order valence-corrected chi connectivity index (χ1v) is 7.37. The Morgan fingerprint density at radius 2 is 2.00 bits per heavy atom. The molecular formula is C14H22N2OS. The van der Waals surface area contributed by atoms with E-state index in [4.69, 9.17) is 0 Å². The zero-order chi connectivity index (χ0) is 13.2. The average Bonchev–Trinajstić information content (AvgIpc) is 2.36. The maximum absolute atomic E-state index is 11.5. The third kappa shape index (κ3) is 7.35. The molecule has 0 aliphatic rings. The molecule has 18 heavy (non-hydrogen) atoms. The number of thioether (sulfide) groups is 1. The van der Waals surface area contributed by atoms with Crippen LogP contribution in [-0.4, -0.2) is 43.7 Å². The van der Waals surface area contributed by atoms with Crippen molar-refractivity contribution in [1.82, 2.24) is 10.2 Å². The second-order valence-electron chi connectivity index (χ2n) is 4.49. The minimum atomic E-state index is 0.134. The third-order valence-corrected chi connectivity index (χ3v) is 3.45. The van der Waals surface area contributed by atoms with Crippen molar-refractivity contribution in [3.8, 4) is 0 Å². The predicted octanol–water partition coefficient (Wildman–Crippen LogP) is 1.99. The smallest absolute Gasteiger partial charge is 0.230 e. The predicted molar refractivity (Wildman–Crippen MR) is 78.8 cm³/mol. The molecule has 0 aliphatic heterocycles. The van der Waals surface area contributed by atoms with Crippen LogP contribution in [0.1, 0.15) is 12.0 Å². The van der Waals surface area contributed by atoms with Crippen molar-refractivity contribution in [2.24, 2.45) is 0 Å². The fourth-order valence-electron chi connectivity index (χ4n) is 1.51. The molecule has 0 saturated carbocycles. The van der Waals surface area contributed by atoms with Crippen LogP contribution in [0.25, 0.3) is 0 Å². The number of hydrogen-bond donors (Lipinski definition) is 1. The van der Waals surface area contributed by atoms with Gasteiger partial charge in [-0.05, 0) is 32.6 Å². The van der Waals surface area contributed by atoms with Crippen LogP contribution in [0.2, 0.25) is 0 Å². The van der Waals surface area contributed by atoms with Gasteiger partial charge in [-0.3, -0.25) is 4.79 Å². The van der Waals surface area contributed by atoms with Crippen molar-refractivity contribution in [1.29, 1.82) is 0 Å². The molecular weight excluding hydrogens is 244 g/mol. The maximum Gasteiger partial charge on any atom is 0.230 e. The molecule has 0 radical (unpaired) electrons. The van der Waals surface area contributed by atoms with Gasteiger partial charge in [-0.15, -0.1) is 11.8 Å². The van der Waals surface area contributed by atoms with Gasteiger partial charge in [0, 0.05) is 12.3 Å². The van der Waals surface area contributed by atoms with Crippen molar-refractivity contribution >= 4 is 17.7 Å². The van der Waals surface area contributed by atoms with Crippen LogP contribution in [0.4, 0.5) is 0 Å². The summed E-state index contributed by atoms with van der Waals surface area (Å²) in [7, 11) is 4.08. The Bertz CT molecular complexity index is 341. The Kier molecular flexibility index (Phi) is 7.53. The summed E-state index contributed by atoms with van der Waals surface area (Å²) in [5.41, 5.74) is 1.27. The van der Waals surface area contributed by atoms with Gasteiger partial charge in [0.1, 0.15) is 0 Å². The van der Waals surface area contributed by atoms with E-state index in [1.807, 2.05) is 32.3 Å². The first-order valence-electron chi connectivity index (χ1n) is 6.21. The van der Waals surface area contributed by atoms with Crippen molar-refractivity contribution in [3.05, 3.63) is 35.9 Å². The van der Waals surface area contributed by atoms with E-state index in [1.165, 1.54) is 5.56 Å². The third-order valence-electron chi connectivity index (χ3n) is 2.45. The minimum Gasteiger partial charge on any atom is -0.355 e. The highest BCUT2D eigenvalue weighted by Crippen LogP contribution is 2.10. The number of nitrogens with zero attached hydrogens (tertiary/aromatic N) is 1. The Labute approximate surface area is 114 Å². The number of carbonyl (C=O) groups is 1. The van der Waals surface area contributed by atoms with E-state index in [2.05, 4.69) is 22.3 Å². The van der Waals surface area contributed by atoms with E-state index < -0.39 is 0 Å². The summed E-state index contributed by atoms with van der Waals surface area (Å²) in [5.74, 6) is 1.57. The summed E-state index contributed by atoms with van der Waals surface area (Å²) in [6.07, 6.45) is 1.00. The highest BCUT2D eigenvalue weighted by molar-refractivity contribution is 7.99. The summed E-state index contributed by atoms with van der Waals surface area (Å²) in [5, 5.41) is 2.94. The van der Waals surface area contributed by atoms with Crippen LogP contribution in [0.15, 0.2) is 30.3 Å². The van der Waals surface area contributed by atoms with Crippen molar-refractivity contribution < 1.29 is 4.79 Å². The lowest BCUT2D eigenvalue weighted by atomic mass is 10.2. The van der Waals surface area contributed by atoms with E-state index in [1.54, 1.807) is 11.8 Å². The van der Waals surface area contributed by atoms with Gasteiger partial charge in [-0.2, -0.15) is 0 Å². The summed E-state index contributed by atoms with van der Waals surface area (Å²) in [6.45, 7) is 1.78. The lowest BCUT2D eigenvalue weighted by Crippen LogP contribution is -2.28. The van der Waals surface area contributed by atoms with Gasteiger partial charge in [-0.1, -0.05) is 30.3 Å². The van der Waals surface area contributed by atoms with Crippen LogP contribution in [0.3, 0.4) is 0 Å². The number of hydrogen-bond acceptors (Lipinski definition) is 3.